The third-order valence-electron chi connectivity index (χ3n) is 3.77. The molecule has 7 heteroatoms. The summed E-state index contributed by atoms with van der Waals surface area (Å²) in [6.45, 7) is 2.48. The van der Waals surface area contributed by atoms with Crippen molar-refractivity contribution in [3.05, 3.63) is 76.4 Å². The van der Waals surface area contributed by atoms with Crippen LogP contribution in [0.4, 0.5) is 17.5 Å². The summed E-state index contributed by atoms with van der Waals surface area (Å²) in [5, 5.41) is 7.10. The Kier molecular flexibility index (Phi) is 5.88. The minimum atomic E-state index is -0.386. The van der Waals surface area contributed by atoms with Crippen molar-refractivity contribution in [3.8, 4) is 0 Å². The number of carbonyl (C=O) groups excluding carboxylic acids is 1. The monoisotopic (exact) mass is 382 g/mol. The van der Waals surface area contributed by atoms with Gasteiger partial charge in [-0.2, -0.15) is 4.98 Å². The van der Waals surface area contributed by atoms with Gasteiger partial charge in [0.15, 0.2) is 0 Å². The first-order chi connectivity index (χ1) is 13.0. The van der Waals surface area contributed by atoms with E-state index in [0.717, 1.165) is 16.9 Å². The normalized spacial score (nSPS) is 10.3. The Morgan fingerprint density at radius 2 is 1.89 bits per heavy atom. The Hall–Kier alpha value is -3.12. The lowest BCUT2D eigenvalue weighted by Gasteiger charge is -2.11. The average molecular weight is 383 g/mol. The summed E-state index contributed by atoms with van der Waals surface area (Å²) in [5.74, 6) is 0.752. The molecule has 2 aromatic carbocycles. The fourth-order valence-corrected chi connectivity index (χ4v) is 2.61. The van der Waals surface area contributed by atoms with E-state index in [1.54, 1.807) is 18.2 Å². The molecular formula is C20H19ClN4O2. The highest BCUT2D eigenvalue weighted by Crippen LogP contribution is 2.19. The van der Waals surface area contributed by atoms with Gasteiger partial charge in [0.1, 0.15) is 5.82 Å². The van der Waals surface area contributed by atoms with E-state index >= 15 is 0 Å². The molecule has 0 radical (unpaired) electrons. The number of ether oxygens (including phenoxy) is 1. The van der Waals surface area contributed by atoms with Crippen LogP contribution in [-0.4, -0.2) is 23.0 Å². The first-order valence-electron chi connectivity index (χ1n) is 8.33. The number of carbonyl (C=O) groups is 1. The van der Waals surface area contributed by atoms with Gasteiger partial charge in [0.2, 0.25) is 5.95 Å². The Bertz CT molecular complexity index is 945. The molecule has 0 amide bonds. The molecule has 0 fully saturated rings. The van der Waals surface area contributed by atoms with Crippen molar-refractivity contribution in [2.75, 3.05) is 17.7 Å². The van der Waals surface area contributed by atoms with Crippen LogP contribution in [0.1, 0.15) is 21.6 Å². The Labute approximate surface area is 162 Å². The van der Waals surface area contributed by atoms with Gasteiger partial charge in [0.05, 0.1) is 12.7 Å². The van der Waals surface area contributed by atoms with Crippen molar-refractivity contribution in [1.82, 2.24) is 9.97 Å². The molecule has 0 bridgehead atoms. The molecule has 6 nitrogen and oxygen atoms in total. The Morgan fingerprint density at radius 1 is 1.11 bits per heavy atom. The molecule has 1 heterocycles. The number of nitrogens with one attached hydrogen (secondary N) is 2. The number of nitrogens with zero attached hydrogens (tertiary/aromatic N) is 2. The molecule has 0 aliphatic rings. The van der Waals surface area contributed by atoms with Gasteiger partial charge in [0.25, 0.3) is 0 Å². The summed E-state index contributed by atoms with van der Waals surface area (Å²) in [6, 6.07) is 16.5. The van der Waals surface area contributed by atoms with E-state index in [1.165, 1.54) is 7.11 Å². The molecule has 3 rings (SSSR count). The number of methoxy groups -OCH3 is 1. The minimum absolute atomic E-state index is 0.386. The number of anilines is 3. The van der Waals surface area contributed by atoms with Gasteiger partial charge in [-0.3, -0.25) is 0 Å². The van der Waals surface area contributed by atoms with E-state index in [2.05, 4.69) is 20.6 Å². The van der Waals surface area contributed by atoms with Gasteiger partial charge in [-0.25, -0.2) is 9.78 Å². The van der Waals surface area contributed by atoms with Gasteiger partial charge in [0, 0.05) is 29.0 Å². The fraction of sp³-hybridized carbons (Fsp3) is 0.150. The highest BCUT2D eigenvalue weighted by molar-refractivity contribution is 6.30. The molecule has 0 atom stereocenters. The second kappa shape index (κ2) is 8.51. The second-order valence-electron chi connectivity index (χ2n) is 5.90. The smallest absolute Gasteiger partial charge is 0.337 e. The van der Waals surface area contributed by atoms with Crippen molar-refractivity contribution in [2.24, 2.45) is 0 Å². The van der Waals surface area contributed by atoms with Crippen LogP contribution in [-0.2, 0) is 11.3 Å². The van der Waals surface area contributed by atoms with E-state index in [1.807, 2.05) is 43.3 Å². The summed E-state index contributed by atoms with van der Waals surface area (Å²) in [5.41, 5.74) is 3.09. The number of hydrogen-bond donors (Lipinski definition) is 2. The van der Waals surface area contributed by atoms with Crippen LogP contribution in [0, 0.1) is 6.92 Å². The predicted octanol–water partition coefficient (Wildman–Crippen LogP) is 4.58. The van der Waals surface area contributed by atoms with Gasteiger partial charge in [-0.1, -0.05) is 29.8 Å². The van der Waals surface area contributed by atoms with E-state index in [-0.39, 0.29) is 5.97 Å². The number of hydrogen-bond acceptors (Lipinski definition) is 6. The molecule has 0 spiro atoms. The number of aromatic nitrogens is 2. The van der Waals surface area contributed by atoms with E-state index in [0.29, 0.717) is 28.9 Å². The molecule has 0 saturated carbocycles. The maximum atomic E-state index is 11.7. The molecule has 0 unspecified atom stereocenters. The van der Waals surface area contributed by atoms with Crippen LogP contribution >= 0.6 is 11.6 Å². The topological polar surface area (TPSA) is 76.1 Å². The zero-order chi connectivity index (χ0) is 19.2. The highest BCUT2D eigenvalue weighted by atomic mass is 35.5. The molecular weight excluding hydrogens is 364 g/mol. The predicted molar refractivity (Wildman–Crippen MR) is 107 cm³/mol. The first-order valence-corrected chi connectivity index (χ1v) is 8.71. The average Bonchev–Trinajstić information content (AvgIpc) is 2.67. The van der Waals surface area contributed by atoms with Crippen LogP contribution in [0.15, 0.2) is 54.6 Å². The summed E-state index contributed by atoms with van der Waals surface area (Å²) in [7, 11) is 1.36. The van der Waals surface area contributed by atoms with Crippen molar-refractivity contribution >= 4 is 35.0 Å². The molecule has 0 aliphatic heterocycles. The van der Waals surface area contributed by atoms with Gasteiger partial charge in [-0.05, 0) is 42.8 Å². The van der Waals surface area contributed by atoms with E-state index < -0.39 is 0 Å². The van der Waals surface area contributed by atoms with Gasteiger partial charge < -0.3 is 15.4 Å². The summed E-state index contributed by atoms with van der Waals surface area (Å²) >= 11 is 5.91. The SMILES string of the molecule is COC(=O)c1cccc(Nc2cc(C)nc(NCc3ccc(Cl)cc3)n2)c1. The first kappa shape index (κ1) is 18.7. The zero-order valence-electron chi connectivity index (χ0n) is 15.0. The quantitative estimate of drug-likeness (QED) is 0.608. The Morgan fingerprint density at radius 3 is 2.63 bits per heavy atom. The molecule has 2 N–H and O–H groups in total. The minimum Gasteiger partial charge on any atom is -0.465 e. The maximum absolute atomic E-state index is 11.7. The van der Waals surface area contributed by atoms with Crippen LogP contribution in [0.25, 0.3) is 0 Å². The number of halogens is 1. The molecule has 3 aromatic rings. The highest BCUT2D eigenvalue weighted by Gasteiger charge is 2.07. The lowest BCUT2D eigenvalue weighted by atomic mass is 10.2. The van der Waals surface area contributed by atoms with Gasteiger partial charge in [-0.15, -0.1) is 0 Å². The van der Waals surface area contributed by atoms with Crippen LogP contribution in [0.2, 0.25) is 5.02 Å². The van der Waals surface area contributed by atoms with E-state index in [4.69, 9.17) is 16.3 Å². The third kappa shape index (κ3) is 5.18. The molecule has 27 heavy (non-hydrogen) atoms. The van der Waals surface area contributed by atoms with Crippen LogP contribution in [0.3, 0.4) is 0 Å². The lowest BCUT2D eigenvalue weighted by molar-refractivity contribution is 0.0601. The Balaban J connectivity index is 1.73. The standard InChI is InChI=1S/C20H19ClN4O2/c1-13-10-18(24-17-5-3-4-15(11-17)19(26)27-2)25-20(23-13)22-12-14-6-8-16(21)9-7-14/h3-11H,12H2,1-2H3,(H2,22,23,24,25). The van der Waals surface area contributed by atoms with Crippen molar-refractivity contribution in [3.63, 3.8) is 0 Å². The molecule has 138 valence electrons. The summed E-state index contributed by atoms with van der Waals surface area (Å²) < 4.78 is 4.75. The fourth-order valence-electron chi connectivity index (χ4n) is 2.48. The molecule has 1 aromatic heterocycles. The van der Waals surface area contributed by atoms with Crippen molar-refractivity contribution in [1.29, 1.82) is 0 Å². The molecule has 0 aliphatic carbocycles. The molecule has 0 saturated heterocycles. The number of rotatable bonds is 6. The zero-order valence-corrected chi connectivity index (χ0v) is 15.7. The van der Waals surface area contributed by atoms with Crippen molar-refractivity contribution < 1.29 is 9.53 Å². The van der Waals surface area contributed by atoms with Crippen LogP contribution < -0.4 is 10.6 Å². The number of aryl methyl sites for hydroxylation is 1. The summed E-state index contributed by atoms with van der Waals surface area (Å²) in [4.78, 5) is 20.6. The van der Waals surface area contributed by atoms with E-state index in [9.17, 15) is 4.79 Å². The third-order valence-corrected chi connectivity index (χ3v) is 4.03. The van der Waals surface area contributed by atoms with Crippen molar-refractivity contribution in [2.45, 2.75) is 13.5 Å². The van der Waals surface area contributed by atoms with Crippen LogP contribution in [0.5, 0.6) is 0 Å². The second-order valence-corrected chi connectivity index (χ2v) is 6.33. The summed E-state index contributed by atoms with van der Waals surface area (Å²) in [6.07, 6.45) is 0. The number of esters is 1. The largest absolute Gasteiger partial charge is 0.465 e. The van der Waals surface area contributed by atoms with Gasteiger partial charge >= 0.3 is 5.97 Å². The lowest BCUT2D eigenvalue weighted by Crippen LogP contribution is -2.06. The number of benzene rings is 2. The maximum Gasteiger partial charge on any atom is 0.337 e.